The molecule has 1 heterocycles. The quantitative estimate of drug-likeness (QED) is 0.754. The molecule has 160 valence electrons. The first-order valence-corrected chi connectivity index (χ1v) is 10.0. The first-order chi connectivity index (χ1) is 14.9. The van der Waals surface area contributed by atoms with Gasteiger partial charge >= 0.3 is 0 Å². The lowest BCUT2D eigenvalue weighted by atomic mass is 9.74. The Bertz CT molecular complexity index is 1120. The van der Waals surface area contributed by atoms with Crippen molar-refractivity contribution < 1.29 is 23.1 Å². The fourth-order valence-electron chi connectivity index (χ4n) is 4.30. The standard InChI is InChI=1S/C24H22F2N2O3/c1-13-20(24(30)28-23-15(25)8-5-9-16(23)26)21(14-7-3-4-12-19(14)31-2)22-17(27-13)10-6-11-18(22)29/h3-5,7-9,12,21,27H,6,10-11H2,1-2H3,(H,28,30). The van der Waals surface area contributed by atoms with E-state index in [0.717, 1.165) is 24.3 Å². The molecule has 7 heteroatoms. The van der Waals surface area contributed by atoms with Gasteiger partial charge in [-0.05, 0) is 38.0 Å². The van der Waals surface area contributed by atoms with Gasteiger partial charge in [0.1, 0.15) is 23.1 Å². The highest BCUT2D eigenvalue weighted by atomic mass is 19.1. The largest absolute Gasteiger partial charge is 0.496 e. The van der Waals surface area contributed by atoms with Crippen molar-refractivity contribution in [3.63, 3.8) is 0 Å². The molecule has 2 aliphatic rings. The van der Waals surface area contributed by atoms with Gasteiger partial charge in [-0.25, -0.2) is 8.78 Å². The molecule has 1 unspecified atom stereocenters. The maximum absolute atomic E-state index is 14.2. The Morgan fingerprint density at radius 2 is 1.81 bits per heavy atom. The highest BCUT2D eigenvalue weighted by Gasteiger charge is 2.39. The van der Waals surface area contributed by atoms with Crippen LogP contribution < -0.4 is 15.4 Å². The number of rotatable bonds is 4. The third kappa shape index (κ3) is 3.71. The summed E-state index contributed by atoms with van der Waals surface area (Å²) in [5.74, 6) is -2.69. The lowest BCUT2D eigenvalue weighted by Gasteiger charge is -2.35. The molecule has 5 nitrogen and oxygen atoms in total. The van der Waals surface area contributed by atoms with E-state index >= 15 is 0 Å². The summed E-state index contributed by atoms with van der Waals surface area (Å²) in [5, 5.41) is 5.55. The van der Waals surface area contributed by atoms with Gasteiger partial charge in [-0.3, -0.25) is 9.59 Å². The fourth-order valence-corrected chi connectivity index (χ4v) is 4.30. The fraction of sp³-hybridized carbons (Fsp3) is 0.250. The van der Waals surface area contributed by atoms with Crippen LogP contribution in [0.4, 0.5) is 14.5 Å². The average molecular weight is 424 g/mol. The highest BCUT2D eigenvalue weighted by molar-refractivity contribution is 6.10. The zero-order valence-corrected chi connectivity index (χ0v) is 17.2. The Labute approximate surface area is 178 Å². The Morgan fingerprint density at radius 3 is 2.52 bits per heavy atom. The van der Waals surface area contributed by atoms with Crippen molar-refractivity contribution in [2.24, 2.45) is 0 Å². The topological polar surface area (TPSA) is 67.4 Å². The van der Waals surface area contributed by atoms with E-state index in [-0.39, 0.29) is 11.4 Å². The first-order valence-electron chi connectivity index (χ1n) is 10.0. The molecule has 0 bridgehead atoms. The molecule has 1 aliphatic carbocycles. The summed E-state index contributed by atoms with van der Waals surface area (Å²) in [4.78, 5) is 26.3. The number of halogens is 2. The summed E-state index contributed by atoms with van der Waals surface area (Å²) < 4.78 is 33.9. The second kappa shape index (κ2) is 8.34. The van der Waals surface area contributed by atoms with Crippen LogP contribution in [0.15, 0.2) is 65.0 Å². The molecule has 0 saturated heterocycles. The van der Waals surface area contributed by atoms with Crippen molar-refractivity contribution in [1.82, 2.24) is 5.32 Å². The van der Waals surface area contributed by atoms with Crippen LogP contribution in [0.5, 0.6) is 5.75 Å². The van der Waals surface area contributed by atoms with Crippen LogP contribution in [-0.2, 0) is 9.59 Å². The molecule has 2 aromatic rings. The Kier molecular flexibility index (Phi) is 5.59. The van der Waals surface area contributed by atoms with Crippen LogP contribution in [0.1, 0.15) is 37.7 Å². The number of carbonyl (C=O) groups excluding carboxylic acids is 2. The van der Waals surface area contributed by atoms with E-state index in [1.807, 2.05) is 0 Å². The molecule has 0 aromatic heterocycles. The number of hydrogen-bond donors (Lipinski definition) is 2. The summed E-state index contributed by atoms with van der Waals surface area (Å²) in [6.45, 7) is 1.72. The third-order valence-corrected chi connectivity index (χ3v) is 5.67. The molecule has 0 radical (unpaired) electrons. The molecule has 1 aliphatic heterocycles. The molecule has 1 amide bonds. The summed E-state index contributed by atoms with van der Waals surface area (Å²) in [6, 6.07) is 10.5. The van der Waals surface area contributed by atoms with Gasteiger partial charge in [0, 0.05) is 34.5 Å². The van der Waals surface area contributed by atoms with Crippen molar-refractivity contribution in [3.05, 3.63) is 82.2 Å². The number of para-hydroxylation sites is 2. The number of benzene rings is 2. The second-order valence-electron chi connectivity index (χ2n) is 7.56. The molecule has 4 rings (SSSR count). The zero-order chi connectivity index (χ0) is 22.1. The molecule has 1 atom stereocenters. The molecule has 0 fully saturated rings. The van der Waals surface area contributed by atoms with Crippen LogP contribution in [-0.4, -0.2) is 18.8 Å². The van der Waals surface area contributed by atoms with Gasteiger partial charge in [0.2, 0.25) is 0 Å². The predicted molar refractivity (Wildman–Crippen MR) is 112 cm³/mol. The van der Waals surface area contributed by atoms with Crippen molar-refractivity contribution in [1.29, 1.82) is 0 Å². The lowest BCUT2D eigenvalue weighted by molar-refractivity contribution is -0.116. The summed E-state index contributed by atoms with van der Waals surface area (Å²) in [5.41, 5.74) is 2.15. The minimum Gasteiger partial charge on any atom is -0.496 e. The molecular formula is C24H22F2N2O3. The highest BCUT2D eigenvalue weighted by Crippen LogP contribution is 2.45. The van der Waals surface area contributed by atoms with E-state index in [0.29, 0.717) is 35.4 Å². The van der Waals surface area contributed by atoms with Crippen molar-refractivity contribution in [3.8, 4) is 5.75 Å². The summed E-state index contributed by atoms with van der Waals surface area (Å²) >= 11 is 0. The molecule has 0 spiro atoms. The lowest BCUT2D eigenvalue weighted by Crippen LogP contribution is -2.35. The Balaban J connectivity index is 1.85. The number of dihydropyridines is 1. The van der Waals surface area contributed by atoms with E-state index in [4.69, 9.17) is 4.74 Å². The molecule has 2 aromatic carbocycles. The number of methoxy groups -OCH3 is 1. The molecule has 2 N–H and O–H groups in total. The molecule has 0 saturated carbocycles. The Hall–Kier alpha value is -3.48. The summed E-state index contributed by atoms with van der Waals surface area (Å²) in [6.07, 6.45) is 1.78. The second-order valence-corrected chi connectivity index (χ2v) is 7.56. The number of ketones is 1. The van der Waals surface area contributed by atoms with Crippen LogP contribution in [0, 0.1) is 11.6 Å². The van der Waals surface area contributed by atoms with E-state index < -0.39 is 29.1 Å². The van der Waals surface area contributed by atoms with E-state index in [9.17, 15) is 18.4 Å². The summed E-state index contributed by atoms with van der Waals surface area (Å²) in [7, 11) is 1.52. The van der Waals surface area contributed by atoms with Crippen LogP contribution >= 0.6 is 0 Å². The van der Waals surface area contributed by atoms with E-state index in [2.05, 4.69) is 10.6 Å². The van der Waals surface area contributed by atoms with E-state index in [1.165, 1.54) is 13.2 Å². The Morgan fingerprint density at radius 1 is 1.10 bits per heavy atom. The van der Waals surface area contributed by atoms with E-state index in [1.54, 1.807) is 31.2 Å². The van der Waals surface area contributed by atoms with Crippen LogP contribution in [0.25, 0.3) is 0 Å². The normalized spacial score (nSPS) is 18.5. The number of carbonyl (C=O) groups is 2. The first kappa shape index (κ1) is 20.8. The van der Waals surface area contributed by atoms with Gasteiger partial charge in [0.25, 0.3) is 5.91 Å². The average Bonchev–Trinajstić information content (AvgIpc) is 2.75. The third-order valence-electron chi connectivity index (χ3n) is 5.67. The predicted octanol–water partition coefficient (Wildman–Crippen LogP) is 4.58. The maximum Gasteiger partial charge on any atom is 0.254 e. The van der Waals surface area contributed by atoms with Gasteiger partial charge in [-0.1, -0.05) is 24.3 Å². The molecular weight excluding hydrogens is 402 g/mol. The number of Topliss-reactive ketones (excluding diaryl/α,β-unsaturated/α-hetero) is 1. The maximum atomic E-state index is 14.2. The number of hydrogen-bond acceptors (Lipinski definition) is 4. The van der Waals surface area contributed by atoms with Gasteiger partial charge in [0.05, 0.1) is 13.0 Å². The molecule has 31 heavy (non-hydrogen) atoms. The monoisotopic (exact) mass is 424 g/mol. The number of amides is 1. The van der Waals surface area contributed by atoms with Crippen molar-refractivity contribution in [2.75, 3.05) is 12.4 Å². The zero-order valence-electron chi connectivity index (χ0n) is 17.2. The van der Waals surface area contributed by atoms with Crippen molar-refractivity contribution in [2.45, 2.75) is 32.1 Å². The number of ether oxygens (including phenoxy) is 1. The minimum absolute atomic E-state index is 0.0560. The number of anilines is 1. The van der Waals surface area contributed by atoms with Gasteiger partial charge < -0.3 is 15.4 Å². The number of allylic oxidation sites excluding steroid dienone is 3. The van der Waals surface area contributed by atoms with Gasteiger partial charge in [-0.15, -0.1) is 0 Å². The van der Waals surface area contributed by atoms with Gasteiger partial charge in [-0.2, -0.15) is 0 Å². The SMILES string of the molecule is COc1ccccc1C1C(C(=O)Nc2c(F)cccc2F)=C(C)NC2=C1C(=O)CCC2. The smallest absolute Gasteiger partial charge is 0.254 e. The van der Waals surface area contributed by atoms with Crippen molar-refractivity contribution >= 4 is 17.4 Å². The van der Waals surface area contributed by atoms with Crippen LogP contribution in [0.2, 0.25) is 0 Å². The number of nitrogens with one attached hydrogen (secondary N) is 2. The van der Waals surface area contributed by atoms with Crippen LogP contribution in [0.3, 0.4) is 0 Å². The minimum atomic E-state index is -0.877. The van der Waals surface area contributed by atoms with Gasteiger partial charge in [0.15, 0.2) is 5.78 Å².